The van der Waals surface area contributed by atoms with Crippen molar-refractivity contribution in [2.45, 2.75) is 10.8 Å². The van der Waals surface area contributed by atoms with Crippen molar-refractivity contribution in [3.63, 3.8) is 0 Å². The Balaban J connectivity index is 2.19. The number of carbonyl (C=O) groups excluding carboxylic acids is 1. The third kappa shape index (κ3) is 0.974. The van der Waals surface area contributed by atoms with Gasteiger partial charge in [0.25, 0.3) is 5.91 Å². The van der Waals surface area contributed by atoms with Crippen molar-refractivity contribution in [2.24, 2.45) is 9.98 Å². The Hall–Kier alpha value is -1.42. The van der Waals surface area contributed by atoms with Crippen LogP contribution in [-0.4, -0.2) is 17.3 Å². The van der Waals surface area contributed by atoms with Crippen LogP contribution < -0.4 is 0 Å². The van der Waals surface area contributed by atoms with E-state index in [1.165, 1.54) is 6.34 Å². The van der Waals surface area contributed by atoms with Crippen molar-refractivity contribution in [1.82, 2.24) is 0 Å². The molecule has 1 unspecified atom stereocenters. The topological polar surface area (TPSA) is 41.8 Å². The molecule has 0 radical (unpaired) electrons. The van der Waals surface area contributed by atoms with E-state index in [0.717, 1.165) is 15.5 Å². The number of amides is 1. The second-order valence-electron chi connectivity index (χ2n) is 3.12. The van der Waals surface area contributed by atoms with Crippen molar-refractivity contribution >= 4 is 29.1 Å². The molecule has 2 aliphatic heterocycles. The van der Waals surface area contributed by atoms with Crippen molar-refractivity contribution in [3.05, 3.63) is 29.8 Å². The minimum Gasteiger partial charge on any atom is -0.271 e. The first-order chi connectivity index (χ1) is 6.86. The van der Waals surface area contributed by atoms with Crippen LogP contribution in [0.2, 0.25) is 0 Å². The number of fused-ring (bicyclic) bond motifs is 3. The molecule has 0 aliphatic carbocycles. The average molecular weight is 202 g/mol. The van der Waals surface area contributed by atoms with E-state index in [1.54, 1.807) is 11.8 Å². The zero-order valence-corrected chi connectivity index (χ0v) is 7.99. The second kappa shape index (κ2) is 2.78. The van der Waals surface area contributed by atoms with Crippen LogP contribution >= 0.6 is 11.8 Å². The van der Waals surface area contributed by atoms with Crippen molar-refractivity contribution < 1.29 is 4.79 Å². The summed E-state index contributed by atoms with van der Waals surface area (Å²) in [6.45, 7) is 0. The van der Waals surface area contributed by atoms with E-state index in [4.69, 9.17) is 0 Å². The molecule has 0 saturated carbocycles. The third-order valence-electron chi connectivity index (χ3n) is 2.31. The molecule has 3 nitrogen and oxygen atoms in total. The highest BCUT2D eigenvalue weighted by Gasteiger charge is 2.36. The lowest BCUT2D eigenvalue weighted by Crippen LogP contribution is -2.17. The van der Waals surface area contributed by atoms with Crippen LogP contribution in [0.15, 0.2) is 39.1 Å². The Morgan fingerprint density at radius 3 is 3.07 bits per heavy atom. The fraction of sp³-hybridized carbons (Fsp3) is 0.100. The number of rotatable bonds is 0. The fourth-order valence-electron chi connectivity index (χ4n) is 1.67. The molecule has 4 heteroatoms. The summed E-state index contributed by atoms with van der Waals surface area (Å²) in [6.07, 6.45) is 1.34. The van der Waals surface area contributed by atoms with E-state index < -0.39 is 0 Å². The molecule has 3 rings (SSSR count). The predicted octanol–water partition coefficient (Wildman–Crippen LogP) is 1.84. The molecule has 0 fully saturated rings. The van der Waals surface area contributed by atoms with Crippen LogP contribution in [0.3, 0.4) is 0 Å². The Bertz CT molecular complexity index is 479. The van der Waals surface area contributed by atoms with E-state index in [9.17, 15) is 4.79 Å². The number of hydrogen-bond donors (Lipinski definition) is 0. The average Bonchev–Trinajstić information content (AvgIpc) is 2.57. The fourth-order valence-corrected chi connectivity index (χ4v) is 2.79. The summed E-state index contributed by atoms with van der Waals surface area (Å²) < 4.78 is 0. The lowest BCUT2D eigenvalue weighted by molar-refractivity contribution is -0.117. The standard InChI is InChI=1S/C10H6N2OS/c13-9-8-6-3-1-2-4-7(6)14-10(8)12-5-11-9/h1-5,8H. The minimum atomic E-state index is -0.235. The number of nitrogens with zero attached hydrogens (tertiary/aromatic N) is 2. The van der Waals surface area contributed by atoms with Crippen LogP contribution in [0.5, 0.6) is 0 Å². The molecule has 1 atom stereocenters. The molecule has 2 heterocycles. The molecule has 2 aliphatic rings. The second-order valence-corrected chi connectivity index (χ2v) is 4.19. The SMILES string of the molecule is O=C1N=CN=C2Sc3ccccc3C12. The number of carbonyl (C=O) groups is 1. The maximum absolute atomic E-state index is 11.5. The lowest BCUT2D eigenvalue weighted by Gasteiger charge is -2.08. The zero-order chi connectivity index (χ0) is 9.54. The molecule has 14 heavy (non-hydrogen) atoms. The first-order valence-electron chi connectivity index (χ1n) is 4.27. The van der Waals surface area contributed by atoms with Gasteiger partial charge >= 0.3 is 0 Å². The molecule has 0 saturated heterocycles. The maximum atomic E-state index is 11.5. The van der Waals surface area contributed by atoms with Crippen LogP contribution in [-0.2, 0) is 4.79 Å². The highest BCUT2D eigenvalue weighted by Crippen LogP contribution is 2.42. The summed E-state index contributed by atoms with van der Waals surface area (Å²) in [6, 6.07) is 7.88. The van der Waals surface area contributed by atoms with Crippen molar-refractivity contribution in [1.29, 1.82) is 0 Å². The van der Waals surface area contributed by atoms with Crippen molar-refractivity contribution in [3.8, 4) is 0 Å². The molecular weight excluding hydrogens is 196 g/mol. The quantitative estimate of drug-likeness (QED) is 0.644. The van der Waals surface area contributed by atoms with Gasteiger partial charge < -0.3 is 0 Å². The van der Waals surface area contributed by atoms with Gasteiger partial charge in [-0.15, -0.1) is 0 Å². The monoisotopic (exact) mass is 202 g/mol. The van der Waals surface area contributed by atoms with Gasteiger partial charge in [0.05, 0.1) is 5.04 Å². The number of hydrogen-bond acceptors (Lipinski definition) is 3. The maximum Gasteiger partial charge on any atom is 0.261 e. The van der Waals surface area contributed by atoms with Gasteiger partial charge in [-0.05, 0) is 11.6 Å². The Morgan fingerprint density at radius 2 is 2.14 bits per heavy atom. The van der Waals surface area contributed by atoms with E-state index in [1.807, 2.05) is 24.3 Å². The Kier molecular flexibility index (Phi) is 1.58. The molecule has 68 valence electrons. The smallest absolute Gasteiger partial charge is 0.261 e. The summed E-state index contributed by atoms with van der Waals surface area (Å²) in [5, 5.41) is 0.853. The van der Waals surface area contributed by atoms with Crippen LogP contribution in [0.25, 0.3) is 0 Å². The van der Waals surface area contributed by atoms with Gasteiger partial charge in [0.2, 0.25) is 0 Å². The Labute approximate surface area is 85.0 Å². The van der Waals surface area contributed by atoms with Gasteiger partial charge in [-0.25, -0.2) is 9.98 Å². The molecule has 0 bridgehead atoms. The summed E-state index contributed by atoms with van der Waals surface area (Å²) in [7, 11) is 0. The highest BCUT2D eigenvalue weighted by molar-refractivity contribution is 8.14. The van der Waals surface area contributed by atoms with E-state index in [-0.39, 0.29) is 11.8 Å². The van der Waals surface area contributed by atoms with Crippen LogP contribution in [0, 0.1) is 0 Å². The van der Waals surface area contributed by atoms with E-state index >= 15 is 0 Å². The predicted molar refractivity (Wildman–Crippen MR) is 56.0 cm³/mol. The molecule has 1 aromatic rings. The normalized spacial score (nSPS) is 23.0. The summed E-state index contributed by atoms with van der Waals surface area (Å²) >= 11 is 1.56. The van der Waals surface area contributed by atoms with Crippen LogP contribution in [0.1, 0.15) is 11.5 Å². The lowest BCUT2D eigenvalue weighted by atomic mass is 9.99. The van der Waals surface area contributed by atoms with Crippen molar-refractivity contribution in [2.75, 3.05) is 0 Å². The summed E-state index contributed by atoms with van der Waals surface area (Å²) in [5.74, 6) is -0.339. The number of aliphatic imine (C=N–C) groups is 2. The van der Waals surface area contributed by atoms with Gasteiger partial charge in [0.15, 0.2) is 0 Å². The van der Waals surface area contributed by atoms with Gasteiger partial charge in [-0.1, -0.05) is 30.0 Å². The third-order valence-corrected chi connectivity index (χ3v) is 3.45. The summed E-state index contributed by atoms with van der Waals surface area (Å²) in [5.41, 5.74) is 1.04. The summed E-state index contributed by atoms with van der Waals surface area (Å²) in [4.78, 5) is 20.5. The first-order valence-corrected chi connectivity index (χ1v) is 5.09. The van der Waals surface area contributed by atoms with Crippen LogP contribution in [0.4, 0.5) is 0 Å². The van der Waals surface area contributed by atoms with E-state index in [2.05, 4.69) is 9.98 Å². The molecule has 0 aromatic heterocycles. The molecule has 1 aromatic carbocycles. The first kappa shape index (κ1) is 7.94. The van der Waals surface area contributed by atoms with Gasteiger partial charge in [-0.3, -0.25) is 4.79 Å². The molecule has 0 spiro atoms. The Morgan fingerprint density at radius 1 is 1.29 bits per heavy atom. The van der Waals surface area contributed by atoms with Gasteiger partial charge in [0, 0.05) is 4.90 Å². The number of thioether (sulfide) groups is 1. The highest BCUT2D eigenvalue weighted by atomic mass is 32.2. The van der Waals surface area contributed by atoms with E-state index in [0.29, 0.717) is 0 Å². The zero-order valence-electron chi connectivity index (χ0n) is 7.18. The number of benzene rings is 1. The minimum absolute atomic E-state index is 0.104. The van der Waals surface area contributed by atoms with Gasteiger partial charge in [-0.2, -0.15) is 0 Å². The largest absolute Gasteiger partial charge is 0.271 e. The molecule has 1 amide bonds. The molecule has 0 N–H and O–H groups in total. The molecular formula is C10H6N2OS. The van der Waals surface area contributed by atoms with Gasteiger partial charge in [0.1, 0.15) is 12.3 Å².